The molecule has 0 saturated heterocycles. The maximum Gasteiger partial charge on any atom is 0.170 e. The lowest BCUT2D eigenvalue weighted by Crippen LogP contribution is -2.16. The van der Waals surface area contributed by atoms with Gasteiger partial charge in [0.2, 0.25) is 0 Å². The van der Waals surface area contributed by atoms with Crippen LogP contribution >= 0.6 is 0 Å². The maximum absolute atomic E-state index is 9.55. The molecular formula is C10H11NO3. The number of benzene rings is 1. The molecule has 4 heteroatoms. The quantitative estimate of drug-likeness (QED) is 0.690. The lowest BCUT2D eigenvalue weighted by molar-refractivity contribution is 0.0511. The molecule has 0 saturated carbocycles. The number of methoxy groups -OCH3 is 1. The number of aliphatic hydroxyl groups excluding tert-OH is 2. The second-order valence-electron chi connectivity index (χ2n) is 2.76. The minimum absolute atomic E-state index is 0.407. The van der Waals surface area contributed by atoms with E-state index in [1.54, 1.807) is 30.3 Å². The van der Waals surface area contributed by atoms with E-state index >= 15 is 0 Å². The zero-order valence-electron chi connectivity index (χ0n) is 7.71. The van der Waals surface area contributed by atoms with Gasteiger partial charge in [-0.25, -0.2) is 0 Å². The van der Waals surface area contributed by atoms with Gasteiger partial charge >= 0.3 is 0 Å². The molecule has 2 N–H and O–H groups in total. The third-order valence-corrected chi connectivity index (χ3v) is 1.89. The summed E-state index contributed by atoms with van der Waals surface area (Å²) < 4.78 is 4.98. The summed E-state index contributed by atoms with van der Waals surface area (Å²) in [6.45, 7) is 0. The van der Waals surface area contributed by atoms with E-state index in [0.29, 0.717) is 11.3 Å². The van der Waals surface area contributed by atoms with Crippen molar-refractivity contribution in [3.8, 4) is 11.8 Å². The Hall–Kier alpha value is -1.57. The predicted molar refractivity (Wildman–Crippen MR) is 49.6 cm³/mol. The Morgan fingerprint density at radius 3 is 2.57 bits per heavy atom. The van der Waals surface area contributed by atoms with Crippen LogP contribution in [0.5, 0.6) is 5.75 Å². The number of hydrogen-bond acceptors (Lipinski definition) is 4. The van der Waals surface area contributed by atoms with Crippen LogP contribution in [0.25, 0.3) is 0 Å². The molecule has 0 radical (unpaired) electrons. The van der Waals surface area contributed by atoms with Crippen molar-refractivity contribution in [1.29, 1.82) is 5.26 Å². The molecule has 2 atom stereocenters. The Bertz CT molecular complexity index is 345. The van der Waals surface area contributed by atoms with Gasteiger partial charge in [-0.1, -0.05) is 18.2 Å². The van der Waals surface area contributed by atoms with Crippen molar-refractivity contribution in [3.05, 3.63) is 29.8 Å². The van der Waals surface area contributed by atoms with Gasteiger partial charge in [0.15, 0.2) is 6.10 Å². The summed E-state index contributed by atoms with van der Waals surface area (Å²) in [6, 6.07) is 8.26. The Kier molecular flexibility index (Phi) is 3.46. The van der Waals surface area contributed by atoms with E-state index in [0.717, 1.165) is 0 Å². The molecule has 1 aromatic carbocycles. The topological polar surface area (TPSA) is 73.5 Å². The number of rotatable bonds is 3. The van der Waals surface area contributed by atoms with Crippen LogP contribution in [0.15, 0.2) is 24.3 Å². The molecule has 0 heterocycles. The average Bonchev–Trinajstić information content (AvgIpc) is 2.26. The monoisotopic (exact) mass is 193 g/mol. The first-order valence-electron chi connectivity index (χ1n) is 4.09. The first-order valence-corrected chi connectivity index (χ1v) is 4.09. The third kappa shape index (κ3) is 2.02. The molecule has 2 unspecified atom stereocenters. The van der Waals surface area contributed by atoms with Crippen molar-refractivity contribution in [2.45, 2.75) is 12.2 Å². The van der Waals surface area contributed by atoms with E-state index in [1.165, 1.54) is 7.11 Å². The van der Waals surface area contributed by atoms with E-state index < -0.39 is 12.2 Å². The summed E-state index contributed by atoms with van der Waals surface area (Å²) in [6.07, 6.45) is -2.68. The minimum Gasteiger partial charge on any atom is -0.496 e. The number of ether oxygens (including phenoxy) is 1. The van der Waals surface area contributed by atoms with E-state index in [9.17, 15) is 5.11 Å². The van der Waals surface area contributed by atoms with Gasteiger partial charge in [-0.15, -0.1) is 0 Å². The largest absolute Gasteiger partial charge is 0.496 e. The Labute approximate surface area is 82.0 Å². The second-order valence-corrected chi connectivity index (χ2v) is 2.76. The standard InChI is InChI=1S/C10H11NO3/c1-14-9-5-3-2-4-7(9)10(13)8(12)6-11/h2-5,8,10,12-13H,1H3. The lowest BCUT2D eigenvalue weighted by Gasteiger charge is -2.14. The fourth-order valence-corrected chi connectivity index (χ4v) is 1.15. The van der Waals surface area contributed by atoms with Gasteiger partial charge < -0.3 is 14.9 Å². The smallest absolute Gasteiger partial charge is 0.170 e. The van der Waals surface area contributed by atoms with Crippen molar-refractivity contribution in [3.63, 3.8) is 0 Å². The van der Waals surface area contributed by atoms with Gasteiger partial charge in [-0.3, -0.25) is 0 Å². The van der Waals surface area contributed by atoms with Gasteiger partial charge in [-0.05, 0) is 6.07 Å². The van der Waals surface area contributed by atoms with Crippen LogP contribution in [0, 0.1) is 11.3 Å². The van der Waals surface area contributed by atoms with Crippen LogP contribution in [0.1, 0.15) is 11.7 Å². The van der Waals surface area contributed by atoms with Crippen LogP contribution in [-0.2, 0) is 0 Å². The van der Waals surface area contributed by atoms with Gasteiger partial charge in [0.05, 0.1) is 13.2 Å². The van der Waals surface area contributed by atoms with Crippen LogP contribution in [0.4, 0.5) is 0 Å². The molecule has 0 bridgehead atoms. The molecule has 0 aliphatic rings. The molecule has 0 aromatic heterocycles. The number of hydrogen-bond donors (Lipinski definition) is 2. The Morgan fingerprint density at radius 1 is 1.36 bits per heavy atom. The molecule has 14 heavy (non-hydrogen) atoms. The number of aliphatic hydroxyl groups is 2. The van der Waals surface area contributed by atoms with Crippen molar-refractivity contribution in [2.75, 3.05) is 7.11 Å². The fraction of sp³-hybridized carbons (Fsp3) is 0.300. The third-order valence-electron chi connectivity index (χ3n) is 1.89. The normalized spacial score (nSPS) is 14.1. The molecule has 0 amide bonds. The molecule has 0 spiro atoms. The molecule has 4 nitrogen and oxygen atoms in total. The first kappa shape index (κ1) is 10.5. The molecule has 0 aliphatic carbocycles. The highest BCUT2D eigenvalue weighted by Gasteiger charge is 2.20. The Morgan fingerprint density at radius 2 is 2.00 bits per heavy atom. The van der Waals surface area contributed by atoms with Crippen molar-refractivity contribution >= 4 is 0 Å². The van der Waals surface area contributed by atoms with Gasteiger partial charge in [-0.2, -0.15) is 5.26 Å². The highest BCUT2D eigenvalue weighted by Crippen LogP contribution is 2.26. The van der Waals surface area contributed by atoms with Gasteiger partial charge in [0.1, 0.15) is 11.9 Å². The summed E-state index contributed by atoms with van der Waals surface area (Å²) in [4.78, 5) is 0. The highest BCUT2D eigenvalue weighted by molar-refractivity contribution is 5.36. The van der Waals surface area contributed by atoms with Crippen LogP contribution in [0.3, 0.4) is 0 Å². The summed E-state index contributed by atoms with van der Waals surface area (Å²) in [5, 5.41) is 27.1. The molecule has 0 aliphatic heterocycles. The lowest BCUT2D eigenvalue weighted by atomic mass is 10.0. The van der Waals surface area contributed by atoms with Crippen molar-refractivity contribution in [2.24, 2.45) is 0 Å². The first-order chi connectivity index (χ1) is 6.70. The van der Waals surface area contributed by atoms with E-state index in [4.69, 9.17) is 15.1 Å². The van der Waals surface area contributed by atoms with Crippen LogP contribution < -0.4 is 4.74 Å². The second kappa shape index (κ2) is 4.61. The SMILES string of the molecule is COc1ccccc1C(O)C(O)C#N. The molecule has 0 fully saturated rings. The van der Waals surface area contributed by atoms with E-state index in [-0.39, 0.29) is 0 Å². The minimum atomic E-state index is -1.44. The highest BCUT2D eigenvalue weighted by atomic mass is 16.5. The van der Waals surface area contributed by atoms with Gasteiger partial charge in [0, 0.05) is 5.56 Å². The predicted octanol–water partition coefficient (Wildman–Crippen LogP) is 0.613. The van der Waals surface area contributed by atoms with Crippen LogP contribution in [0.2, 0.25) is 0 Å². The number of nitrogens with zero attached hydrogens (tertiary/aromatic N) is 1. The van der Waals surface area contributed by atoms with Crippen molar-refractivity contribution in [1.82, 2.24) is 0 Å². The van der Waals surface area contributed by atoms with Crippen LogP contribution in [-0.4, -0.2) is 23.4 Å². The molecular weight excluding hydrogens is 182 g/mol. The van der Waals surface area contributed by atoms with Crippen molar-refractivity contribution < 1.29 is 14.9 Å². The summed E-state index contributed by atoms with van der Waals surface area (Å²) in [5.41, 5.74) is 0.407. The van der Waals surface area contributed by atoms with E-state index in [2.05, 4.69) is 0 Å². The fourth-order valence-electron chi connectivity index (χ4n) is 1.15. The van der Waals surface area contributed by atoms with Gasteiger partial charge in [0.25, 0.3) is 0 Å². The van der Waals surface area contributed by atoms with E-state index in [1.807, 2.05) is 0 Å². The maximum atomic E-state index is 9.55. The number of para-hydroxylation sites is 1. The number of nitriles is 1. The molecule has 74 valence electrons. The molecule has 1 aromatic rings. The summed E-state index contributed by atoms with van der Waals surface area (Å²) >= 11 is 0. The summed E-state index contributed by atoms with van der Waals surface area (Å²) in [5.74, 6) is 0.453. The Balaban J connectivity index is 3.00. The zero-order chi connectivity index (χ0) is 10.6. The molecule has 1 rings (SSSR count). The zero-order valence-corrected chi connectivity index (χ0v) is 7.71. The average molecular weight is 193 g/mol. The summed E-state index contributed by atoms with van der Waals surface area (Å²) in [7, 11) is 1.46.